The van der Waals surface area contributed by atoms with Gasteiger partial charge >= 0.3 is 11.9 Å². The number of methoxy groups -OCH3 is 2. The van der Waals surface area contributed by atoms with Gasteiger partial charge in [-0.15, -0.1) is 0 Å². The molecule has 0 spiro atoms. The van der Waals surface area contributed by atoms with E-state index in [-0.39, 0.29) is 35.8 Å². The summed E-state index contributed by atoms with van der Waals surface area (Å²) in [4.78, 5) is 50.3. The third-order valence-corrected chi connectivity index (χ3v) is 3.38. The molecule has 1 rings (SSSR count). The lowest BCUT2D eigenvalue weighted by Crippen LogP contribution is -2.38. The Hall–Kier alpha value is -2.94. The zero-order valence-electron chi connectivity index (χ0n) is 15.5. The molecule has 1 aromatic carbocycles. The van der Waals surface area contributed by atoms with E-state index in [0.717, 1.165) is 0 Å². The van der Waals surface area contributed by atoms with Gasteiger partial charge in [0.2, 0.25) is 11.8 Å². The number of nitrogens with one attached hydrogen (secondary N) is 1. The smallest absolute Gasteiger partial charge is 0.337 e. The minimum absolute atomic E-state index is 0.0460. The van der Waals surface area contributed by atoms with E-state index in [1.807, 2.05) is 0 Å². The third-order valence-electron chi connectivity index (χ3n) is 3.38. The van der Waals surface area contributed by atoms with Crippen LogP contribution in [0.3, 0.4) is 0 Å². The van der Waals surface area contributed by atoms with Crippen molar-refractivity contribution in [3.8, 4) is 0 Å². The molecule has 0 aliphatic carbocycles. The van der Waals surface area contributed by atoms with Crippen LogP contribution in [0.4, 0.5) is 5.69 Å². The lowest BCUT2D eigenvalue weighted by atomic mass is 10.1. The fourth-order valence-electron chi connectivity index (χ4n) is 2.05. The average Bonchev–Trinajstić information content (AvgIpc) is 2.59. The van der Waals surface area contributed by atoms with Crippen LogP contribution in [0.2, 0.25) is 0 Å². The first-order valence-electron chi connectivity index (χ1n) is 7.68. The maximum absolute atomic E-state index is 12.2. The molecule has 9 nitrogen and oxygen atoms in total. The summed E-state index contributed by atoms with van der Waals surface area (Å²) in [5, 5.41) is 2.59. The van der Waals surface area contributed by atoms with Crippen LogP contribution >= 0.6 is 0 Å². The summed E-state index contributed by atoms with van der Waals surface area (Å²) >= 11 is 0. The van der Waals surface area contributed by atoms with Gasteiger partial charge in [-0.1, -0.05) is 0 Å². The molecule has 0 bridgehead atoms. The molecule has 0 radical (unpaired) electrons. The molecule has 0 fully saturated rings. The Labute approximate surface area is 151 Å². The fraction of sp³-hybridized carbons (Fsp3) is 0.412. The molecule has 26 heavy (non-hydrogen) atoms. The number of rotatable bonds is 7. The topological polar surface area (TPSA) is 105 Å². The maximum atomic E-state index is 12.2. The van der Waals surface area contributed by atoms with Gasteiger partial charge in [0.1, 0.15) is 0 Å². The van der Waals surface area contributed by atoms with E-state index in [1.54, 1.807) is 26.0 Å². The van der Waals surface area contributed by atoms with Crippen molar-refractivity contribution in [2.75, 3.05) is 53.8 Å². The van der Waals surface area contributed by atoms with Gasteiger partial charge < -0.3 is 19.7 Å². The van der Waals surface area contributed by atoms with Crippen molar-refractivity contribution in [3.63, 3.8) is 0 Å². The molecule has 0 saturated heterocycles. The summed E-state index contributed by atoms with van der Waals surface area (Å²) < 4.78 is 9.28. The van der Waals surface area contributed by atoms with Crippen LogP contribution in [0.25, 0.3) is 0 Å². The van der Waals surface area contributed by atoms with Gasteiger partial charge in [0.05, 0.1) is 38.4 Å². The Morgan fingerprint density at radius 3 is 1.81 bits per heavy atom. The molecule has 0 saturated carbocycles. The fourth-order valence-corrected chi connectivity index (χ4v) is 2.05. The summed E-state index contributed by atoms with van der Waals surface area (Å²) in [6.07, 6.45) is 0. The monoisotopic (exact) mass is 365 g/mol. The van der Waals surface area contributed by atoms with Gasteiger partial charge in [0, 0.05) is 19.8 Å². The molecule has 9 heteroatoms. The van der Waals surface area contributed by atoms with Gasteiger partial charge in [0.15, 0.2) is 0 Å². The van der Waals surface area contributed by atoms with Gasteiger partial charge in [0.25, 0.3) is 0 Å². The lowest BCUT2D eigenvalue weighted by Gasteiger charge is -2.18. The second kappa shape index (κ2) is 9.52. The van der Waals surface area contributed by atoms with Crippen molar-refractivity contribution in [1.82, 2.24) is 9.80 Å². The molecule has 2 amide bonds. The molecule has 0 heterocycles. The van der Waals surface area contributed by atoms with Crippen molar-refractivity contribution in [3.05, 3.63) is 29.3 Å². The first-order valence-corrected chi connectivity index (χ1v) is 7.68. The number of esters is 2. The number of carbonyl (C=O) groups excluding carboxylic acids is 4. The highest BCUT2D eigenvalue weighted by Crippen LogP contribution is 2.17. The minimum atomic E-state index is -0.653. The third kappa shape index (κ3) is 6.17. The lowest BCUT2D eigenvalue weighted by molar-refractivity contribution is -0.130. The Morgan fingerprint density at radius 1 is 0.885 bits per heavy atom. The quantitative estimate of drug-likeness (QED) is 0.689. The minimum Gasteiger partial charge on any atom is -0.465 e. The van der Waals surface area contributed by atoms with Gasteiger partial charge in [-0.25, -0.2) is 9.59 Å². The van der Waals surface area contributed by atoms with Crippen molar-refractivity contribution >= 4 is 29.4 Å². The number of ether oxygens (including phenoxy) is 2. The molecule has 1 N–H and O–H groups in total. The van der Waals surface area contributed by atoms with E-state index >= 15 is 0 Å². The standard InChI is InChI=1S/C17H23N3O6/c1-19(2)15(22)10-20(3)9-14(21)18-13-7-11(16(23)25-4)6-12(8-13)17(24)26-5/h6-8H,9-10H2,1-5H3,(H,18,21). The van der Waals surface area contributed by atoms with E-state index in [0.29, 0.717) is 0 Å². The zero-order chi connectivity index (χ0) is 19.9. The van der Waals surface area contributed by atoms with Crippen molar-refractivity contribution in [2.24, 2.45) is 0 Å². The molecule has 0 unspecified atom stereocenters. The molecule has 0 aliphatic rings. The van der Waals surface area contributed by atoms with Crippen LogP contribution in [0.15, 0.2) is 18.2 Å². The summed E-state index contributed by atoms with van der Waals surface area (Å²) in [5.41, 5.74) is 0.439. The zero-order valence-corrected chi connectivity index (χ0v) is 15.5. The maximum Gasteiger partial charge on any atom is 0.337 e. The van der Waals surface area contributed by atoms with Crippen LogP contribution < -0.4 is 5.32 Å². The molecule has 0 aliphatic heterocycles. The summed E-state index contributed by atoms with van der Waals surface area (Å²) in [6.45, 7) is 0.0334. The second-order valence-electron chi connectivity index (χ2n) is 5.79. The first-order chi connectivity index (χ1) is 12.2. The van der Waals surface area contributed by atoms with E-state index in [4.69, 9.17) is 0 Å². The Bertz CT molecular complexity index is 667. The van der Waals surface area contributed by atoms with Crippen LogP contribution in [0.1, 0.15) is 20.7 Å². The van der Waals surface area contributed by atoms with Gasteiger partial charge in [-0.05, 0) is 25.2 Å². The highest BCUT2D eigenvalue weighted by molar-refractivity contribution is 5.99. The Kier molecular flexibility index (Phi) is 7.73. The van der Waals surface area contributed by atoms with Crippen LogP contribution in [-0.2, 0) is 19.1 Å². The SMILES string of the molecule is COC(=O)c1cc(NC(=O)CN(C)CC(=O)N(C)C)cc(C(=O)OC)c1. The first kappa shape index (κ1) is 21.1. The largest absolute Gasteiger partial charge is 0.465 e. The van der Waals surface area contributed by atoms with Gasteiger partial charge in [-0.3, -0.25) is 14.5 Å². The second-order valence-corrected chi connectivity index (χ2v) is 5.79. The molecular weight excluding hydrogens is 342 g/mol. The number of carbonyl (C=O) groups is 4. The van der Waals surface area contributed by atoms with E-state index in [1.165, 1.54) is 37.3 Å². The average molecular weight is 365 g/mol. The predicted molar refractivity (Wildman–Crippen MR) is 93.9 cm³/mol. The van der Waals surface area contributed by atoms with Crippen LogP contribution in [-0.4, -0.2) is 82.0 Å². The van der Waals surface area contributed by atoms with E-state index in [2.05, 4.69) is 14.8 Å². The van der Waals surface area contributed by atoms with Crippen LogP contribution in [0, 0.1) is 0 Å². The number of amides is 2. The number of likely N-dealkylation sites (N-methyl/N-ethyl adjacent to an activating group) is 2. The molecule has 142 valence electrons. The molecular formula is C17H23N3O6. The summed E-state index contributed by atoms with van der Waals surface area (Å²) in [6, 6.07) is 4.09. The predicted octanol–water partition coefficient (Wildman–Crippen LogP) is 0.218. The van der Waals surface area contributed by atoms with Crippen molar-refractivity contribution < 1.29 is 28.7 Å². The number of hydrogen-bond acceptors (Lipinski definition) is 7. The van der Waals surface area contributed by atoms with Crippen molar-refractivity contribution in [1.29, 1.82) is 0 Å². The van der Waals surface area contributed by atoms with Crippen LogP contribution in [0.5, 0.6) is 0 Å². The highest BCUT2D eigenvalue weighted by atomic mass is 16.5. The summed E-state index contributed by atoms with van der Waals surface area (Å²) in [5.74, 6) is -1.85. The number of benzene rings is 1. The molecule has 0 atom stereocenters. The summed E-state index contributed by atoms with van der Waals surface area (Å²) in [7, 11) is 7.31. The normalized spacial score (nSPS) is 10.2. The Balaban J connectivity index is 2.90. The van der Waals surface area contributed by atoms with E-state index < -0.39 is 17.8 Å². The number of nitrogens with zero attached hydrogens (tertiary/aromatic N) is 2. The molecule has 0 aromatic heterocycles. The highest BCUT2D eigenvalue weighted by Gasteiger charge is 2.16. The molecule has 1 aromatic rings. The van der Waals surface area contributed by atoms with Crippen molar-refractivity contribution in [2.45, 2.75) is 0 Å². The number of hydrogen-bond donors (Lipinski definition) is 1. The van der Waals surface area contributed by atoms with E-state index in [9.17, 15) is 19.2 Å². The Morgan fingerprint density at radius 2 is 1.38 bits per heavy atom. The van der Waals surface area contributed by atoms with Gasteiger partial charge in [-0.2, -0.15) is 0 Å². The number of anilines is 1.